The van der Waals surface area contributed by atoms with Gasteiger partial charge in [-0.3, -0.25) is 4.57 Å². The van der Waals surface area contributed by atoms with Gasteiger partial charge in [0.1, 0.15) is 0 Å². The van der Waals surface area contributed by atoms with E-state index in [0.29, 0.717) is 13.2 Å². The lowest BCUT2D eigenvalue weighted by Crippen LogP contribution is -2.29. The van der Waals surface area contributed by atoms with E-state index in [1.165, 1.54) is 0 Å². The molecule has 0 saturated heterocycles. The average molecular weight is 222 g/mol. The molecule has 0 atom stereocenters. The molecule has 0 aromatic heterocycles. The van der Waals surface area contributed by atoms with Gasteiger partial charge in [-0.25, -0.2) is 0 Å². The Hall–Kier alpha value is 0.150. The summed E-state index contributed by atoms with van der Waals surface area (Å²) in [5.74, 6) is 0.256. The Morgan fingerprint density at radius 2 is 1.50 bits per heavy atom. The van der Waals surface area contributed by atoms with Gasteiger partial charge in [-0.05, 0) is 33.6 Å². The van der Waals surface area contributed by atoms with Gasteiger partial charge >= 0.3 is 7.60 Å². The lowest BCUT2D eigenvalue weighted by molar-refractivity contribution is 0.190. The van der Waals surface area contributed by atoms with Gasteiger partial charge in [0.05, 0.1) is 18.4 Å². The summed E-state index contributed by atoms with van der Waals surface area (Å²) in [6, 6.07) is 0. The highest BCUT2D eigenvalue weighted by molar-refractivity contribution is 7.55. The molecule has 0 rings (SSSR count). The van der Waals surface area contributed by atoms with Crippen LogP contribution < -0.4 is 0 Å². The van der Waals surface area contributed by atoms with Crippen molar-refractivity contribution in [3.63, 3.8) is 0 Å². The van der Waals surface area contributed by atoms with Gasteiger partial charge in [0, 0.05) is 0 Å². The first kappa shape index (κ1) is 14.2. The minimum atomic E-state index is -2.98. The summed E-state index contributed by atoms with van der Waals surface area (Å²) in [6.45, 7) is 12.5. The molecular weight excluding hydrogens is 199 g/mol. The zero-order chi connectivity index (χ0) is 11.4. The third-order valence-corrected chi connectivity index (χ3v) is 5.84. The Morgan fingerprint density at radius 1 is 1.14 bits per heavy atom. The third-order valence-electron chi connectivity index (χ3n) is 2.72. The topological polar surface area (TPSA) is 35.5 Å². The fraction of sp³-hybridized carbons (Fsp3) is 1.00. The molecule has 0 aromatic rings. The van der Waals surface area contributed by atoms with Crippen LogP contribution in [0.2, 0.25) is 0 Å². The van der Waals surface area contributed by atoms with Crippen LogP contribution in [-0.2, 0) is 13.6 Å². The van der Waals surface area contributed by atoms with Crippen LogP contribution in [-0.4, -0.2) is 18.4 Å². The minimum Gasteiger partial charge on any atom is -0.308 e. The molecule has 0 aromatic carbocycles. The summed E-state index contributed by atoms with van der Waals surface area (Å²) in [7, 11) is -2.98. The normalized spacial score (nSPS) is 13.6. The highest BCUT2D eigenvalue weighted by Gasteiger charge is 2.45. The molecule has 0 aliphatic carbocycles. The second-order valence-corrected chi connectivity index (χ2v) is 6.81. The van der Waals surface area contributed by atoms with Crippen molar-refractivity contribution in [3.05, 3.63) is 0 Å². The lowest BCUT2D eigenvalue weighted by Gasteiger charge is -2.35. The van der Waals surface area contributed by atoms with Crippen LogP contribution in [0.4, 0.5) is 0 Å². The molecule has 0 aliphatic heterocycles. The fourth-order valence-corrected chi connectivity index (χ4v) is 3.08. The van der Waals surface area contributed by atoms with Crippen molar-refractivity contribution in [2.45, 2.75) is 46.7 Å². The van der Waals surface area contributed by atoms with Crippen molar-refractivity contribution < 1.29 is 13.6 Å². The molecule has 0 aliphatic rings. The maximum atomic E-state index is 12.4. The highest BCUT2D eigenvalue weighted by atomic mass is 31.2. The maximum Gasteiger partial charge on any atom is 0.336 e. The van der Waals surface area contributed by atoms with Crippen molar-refractivity contribution in [1.82, 2.24) is 0 Å². The van der Waals surface area contributed by atoms with Crippen molar-refractivity contribution in [2.75, 3.05) is 13.2 Å². The molecule has 0 N–H and O–H groups in total. The molecule has 3 nitrogen and oxygen atoms in total. The van der Waals surface area contributed by atoms with Gasteiger partial charge < -0.3 is 9.05 Å². The summed E-state index contributed by atoms with van der Waals surface area (Å²) in [4.78, 5) is 0. The van der Waals surface area contributed by atoms with E-state index in [1.807, 2.05) is 41.5 Å². The van der Waals surface area contributed by atoms with E-state index in [0.717, 1.165) is 0 Å². The monoisotopic (exact) mass is 222 g/mol. The van der Waals surface area contributed by atoms with E-state index in [1.54, 1.807) is 0 Å². The number of rotatable bonds is 6. The van der Waals surface area contributed by atoms with Gasteiger partial charge in [-0.1, -0.05) is 13.8 Å². The molecule has 0 amide bonds. The smallest absolute Gasteiger partial charge is 0.308 e. The van der Waals surface area contributed by atoms with E-state index >= 15 is 0 Å². The van der Waals surface area contributed by atoms with Crippen LogP contribution in [0, 0.1) is 5.92 Å². The van der Waals surface area contributed by atoms with Crippen molar-refractivity contribution in [1.29, 1.82) is 0 Å². The Kier molecular flexibility index (Phi) is 5.35. The largest absolute Gasteiger partial charge is 0.336 e. The maximum absolute atomic E-state index is 12.4. The van der Waals surface area contributed by atoms with E-state index in [9.17, 15) is 4.57 Å². The Bertz CT molecular complexity index is 201. The standard InChI is InChI=1S/C10H23O3P/c1-7-12-14(11,13-8-2)10(5,6)9(3)4/h9H,7-8H2,1-6H3. The lowest BCUT2D eigenvalue weighted by atomic mass is 10.00. The van der Waals surface area contributed by atoms with Crippen molar-refractivity contribution in [2.24, 2.45) is 5.92 Å². The molecule has 4 heteroatoms. The second kappa shape index (κ2) is 5.29. The van der Waals surface area contributed by atoms with Crippen LogP contribution in [0.15, 0.2) is 0 Å². The van der Waals surface area contributed by atoms with Gasteiger partial charge in [0.2, 0.25) is 0 Å². The molecule has 0 bridgehead atoms. The zero-order valence-electron chi connectivity index (χ0n) is 10.2. The minimum absolute atomic E-state index is 0.256. The van der Waals surface area contributed by atoms with Crippen LogP contribution >= 0.6 is 7.60 Å². The molecule has 0 spiro atoms. The van der Waals surface area contributed by atoms with E-state index in [-0.39, 0.29) is 5.92 Å². The Labute approximate surface area is 87.7 Å². The molecule has 0 fully saturated rings. The highest BCUT2D eigenvalue weighted by Crippen LogP contribution is 2.62. The second-order valence-electron chi connectivity index (χ2n) is 4.14. The number of hydrogen-bond acceptors (Lipinski definition) is 3. The molecule has 86 valence electrons. The molecule has 0 saturated carbocycles. The summed E-state index contributed by atoms with van der Waals surface area (Å²) in [5, 5.41) is -0.432. The Morgan fingerprint density at radius 3 is 1.71 bits per heavy atom. The fourth-order valence-electron chi connectivity index (χ4n) is 1.03. The van der Waals surface area contributed by atoms with Crippen LogP contribution in [0.1, 0.15) is 41.5 Å². The Balaban J connectivity index is 4.89. The predicted molar refractivity (Wildman–Crippen MR) is 59.8 cm³/mol. The third kappa shape index (κ3) is 2.82. The van der Waals surface area contributed by atoms with Gasteiger partial charge in [-0.15, -0.1) is 0 Å². The van der Waals surface area contributed by atoms with Crippen LogP contribution in [0.3, 0.4) is 0 Å². The summed E-state index contributed by atoms with van der Waals surface area (Å²) < 4.78 is 23.1. The van der Waals surface area contributed by atoms with E-state index < -0.39 is 12.8 Å². The quantitative estimate of drug-likeness (QED) is 0.643. The summed E-state index contributed by atoms with van der Waals surface area (Å²) in [6.07, 6.45) is 0. The molecule has 0 heterocycles. The number of hydrogen-bond donors (Lipinski definition) is 0. The molecule has 14 heavy (non-hydrogen) atoms. The van der Waals surface area contributed by atoms with E-state index in [2.05, 4.69) is 0 Å². The predicted octanol–water partition coefficient (Wildman–Crippen LogP) is 3.69. The SMILES string of the molecule is CCOP(=O)(OCC)C(C)(C)C(C)C. The van der Waals surface area contributed by atoms with Crippen molar-refractivity contribution in [3.8, 4) is 0 Å². The zero-order valence-corrected chi connectivity index (χ0v) is 11.1. The van der Waals surface area contributed by atoms with Gasteiger partial charge in [0.15, 0.2) is 0 Å². The van der Waals surface area contributed by atoms with Crippen molar-refractivity contribution >= 4 is 7.60 Å². The van der Waals surface area contributed by atoms with E-state index in [4.69, 9.17) is 9.05 Å². The first-order chi connectivity index (χ1) is 6.31. The molecular formula is C10H23O3P. The molecule has 0 radical (unpaired) electrons. The molecule has 0 unspecified atom stereocenters. The van der Waals surface area contributed by atoms with Crippen LogP contribution in [0.25, 0.3) is 0 Å². The first-order valence-corrected chi connectivity index (χ1v) is 6.75. The first-order valence-electron chi connectivity index (χ1n) is 5.21. The van der Waals surface area contributed by atoms with Gasteiger partial charge in [0.25, 0.3) is 0 Å². The summed E-state index contributed by atoms with van der Waals surface area (Å²) >= 11 is 0. The average Bonchev–Trinajstić information content (AvgIpc) is 2.04. The van der Waals surface area contributed by atoms with Crippen LogP contribution in [0.5, 0.6) is 0 Å². The summed E-state index contributed by atoms with van der Waals surface area (Å²) in [5.41, 5.74) is 0. The van der Waals surface area contributed by atoms with Gasteiger partial charge in [-0.2, -0.15) is 0 Å².